The minimum atomic E-state index is -0.550. The Hall–Kier alpha value is -2.31. The fourth-order valence-electron chi connectivity index (χ4n) is 2.58. The summed E-state index contributed by atoms with van der Waals surface area (Å²) in [5.74, 6) is 0.302. The molecule has 0 saturated carbocycles. The van der Waals surface area contributed by atoms with Crippen molar-refractivity contribution in [2.24, 2.45) is 0 Å². The Kier molecular flexibility index (Phi) is 5.19. The van der Waals surface area contributed by atoms with Gasteiger partial charge in [-0.2, -0.15) is 0 Å². The highest BCUT2D eigenvalue weighted by molar-refractivity contribution is 5.78. The quantitative estimate of drug-likeness (QED) is 0.616. The molecule has 1 aromatic carbocycles. The molecule has 0 aliphatic carbocycles. The predicted octanol–water partition coefficient (Wildman–Crippen LogP) is 2.38. The Morgan fingerprint density at radius 1 is 1.45 bits per heavy atom. The van der Waals surface area contributed by atoms with Gasteiger partial charge < -0.3 is 14.4 Å². The fourth-order valence-corrected chi connectivity index (χ4v) is 2.58. The van der Waals surface area contributed by atoms with Crippen LogP contribution in [0.15, 0.2) is 18.2 Å². The van der Waals surface area contributed by atoms with E-state index >= 15 is 0 Å². The van der Waals surface area contributed by atoms with E-state index in [9.17, 15) is 14.9 Å². The lowest BCUT2D eigenvalue weighted by Gasteiger charge is -2.33. The number of piperidine rings is 1. The summed E-state index contributed by atoms with van der Waals surface area (Å²) in [4.78, 5) is 24.5. The zero-order chi connectivity index (χ0) is 16.1. The number of amides is 1. The summed E-state index contributed by atoms with van der Waals surface area (Å²) in [7, 11) is 1.43. The summed E-state index contributed by atoms with van der Waals surface area (Å²) in [5.41, 5.74) is -0.209. The van der Waals surface area contributed by atoms with Crippen LogP contribution in [0.4, 0.5) is 5.69 Å². The van der Waals surface area contributed by atoms with Crippen molar-refractivity contribution in [3.05, 3.63) is 28.3 Å². The maximum absolute atomic E-state index is 12.2. The molecule has 1 aromatic rings. The summed E-state index contributed by atoms with van der Waals surface area (Å²) in [6.07, 6.45) is 3.09. The van der Waals surface area contributed by atoms with Crippen LogP contribution in [0, 0.1) is 10.1 Å². The number of likely N-dealkylation sites (tertiary alicyclic amines) is 1. The van der Waals surface area contributed by atoms with Crippen LogP contribution in [0.25, 0.3) is 0 Å². The van der Waals surface area contributed by atoms with Gasteiger partial charge in [-0.05, 0) is 38.3 Å². The first-order chi connectivity index (χ1) is 10.5. The number of nitro benzene ring substituents is 1. The molecule has 1 saturated heterocycles. The summed E-state index contributed by atoms with van der Waals surface area (Å²) in [5, 5.41) is 11.1. The highest BCUT2D eigenvalue weighted by atomic mass is 16.6. The topological polar surface area (TPSA) is 81.9 Å². The Labute approximate surface area is 129 Å². The van der Waals surface area contributed by atoms with Crippen LogP contribution in [0.5, 0.6) is 11.5 Å². The van der Waals surface area contributed by atoms with E-state index in [-0.39, 0.29) is 30.0 Å². The zero-order valence-corrected chi connectivity index (χ0v) is 12.8. The van der Waals surface area contributed by atoms with Gasteiger partial charge in [-0.1, -0.05) is 0 Å². The third kappa shape index (κ3) is 3.66. The third-order valence-corrected chi connectivity index (χ3v) is 3.84. The summed E-state index contributed by atoms with van der Waals surface area (Å²) in [6.45, 7) is 2.53. The van der Waals surface area contributed by atoms with E-state index in [1.807, 2.05) is 6.92 Å². The number of carbonyl (C=O) groups is 1. The van der Waals surface area contributed by atoms with Gasteiger partial charge in [0.15, 0.2) is 12.4 Å². The third-order valence-electron chi connectivity index (χ3n) is 3.84. The maximum Gasteiger partial charge on any atom is 0.314 e. The molecule has 0 aromatic heterocycles. The molecule has 0 bridgehead atoms. The largest absolute Gasteiger partial charge is 0.496 e. The number of nitrogens with zero attached hydrogens (tertiary/aromatic N) is 2. The zero-order valence-electron chi connectivity index (χ0n) is 12.8. The average molecular weight is 308 g/mol. The second-order valence-corrected chi connectivity index (χ2v) is 5.31. The minimum absolute atomic E-state index is 0.0730. The van der Waals surface area contributed by atoms with Gasteiger partial charge in [0, 0.05) is 12.6 Å². The number of hydrogen-bond acceptors (Lipinski definition) is 5. The molecule has 1 fully saturated rings. The summed E-state index contributed by atoms with van der Waals surface area (Å²) < 4.78 is 10.3. The number of hydrogen-bond donors (Lipinski definition) is 0. The van der Waals surface area contributed by atoms with Crippen LogP contribution < -0.4 is 9.47 Å². The lowest BCUT2D eigenvalue weighted by atomic mass is 10.0. The molecule has 7 heteroatoms. The second kappa shape index (κ2) is 7.11. The van der Waals surface area contributed by atoms with Gasteiger partial charge in [-0.15, -0.1) is 0 Å². The smallest absolute Gasteiger partial charge is 0.314 e. The van der Waals surface area contributed by atoms with E-state index in [4.69, 9.17) is 9.47 Å². The molecule has 22 heavy (non-hydrogen) atoms. The van der Waals surface area contributed by atoms with Gasteiger partial charge in [0.25, 0.3) is 5.91 Å². The van der Waals surface area contributed by atoms with Crippen molar-refractivity contribution in [1.82, 2.24) is 4.90 Å². The Morgan fingerprint density at radius 2 is 2.23 bits per heavy atom. The molecular formula is C15H20N2O5. The molecule has 1 aliphatic rings. The van der Waals surface area contributed by atoms with Gasteiger partial charge in [-0.3, -0.25) is 14.9 Å². The first kappa shape index (κ1) is 16.1. The van der Waals surface area contributed by atoms with Gasteiger partial charge >= 0.3 is 5.69 Å². The molecular weight excluding hydrogens is 288 g/mol. The van der Waals surface area contributed by atoms with E-state index in [0.29, 0.717) is 12.3 Å². The first-order valence-electron chi connectivity index (χ1n) is 7.27. The van der Waals surface area contributed by atoms with Gasteiger partial charge in [-0.25, -0.2) is 0 Å². The number of nitro groups is 1. The van der Waals surface area contributed by atoms with Crippen LogP contribution in [0.1, 0.15) is 26.2 Å². The fraction of sp³-hybridized carbons (Fsp3) is 0.533. The molecule has 1 atom stereocenters. The second-order valence-electron chi connectivity index (χ2n) is 5.31. The van der Waals surface area contributed by atoms with Gasteiger partial charge in [0.05, 0.1) is 18.1 Å². The molecule has 7 nitrogen and oxygen atoms in total. The van der Waals surface area contributed by atoms with Crippen LogP contribution in [-0.4, -0.2) is 42.0 Å². The molecule has 1 amide bonds. The van der Waals surface area contributed by atoms with Crippen LogP contribution in [0.3, 0.4) is 0 Å². The van der Waals surface area contributed by atoms with Crippen molar-refractivity contribution >= 4 is 11.6 Å². The van der Waals surface area contributed by atoms with Crippen molar-refractivity contribution in [1.29, 1.82) is 0 Å². The van der Waals surface area contributed by atoms with E-state index < -0.39 is 4.92 Å². The van der Waals surface area contributed by atoms with Crippen molar-refractivity contribution in [3.8, 4) is 11.5 Å². The molecule has 2 rings (SSSR count). The van der Waals surface area contributed by atoms with Crippen LogP contribution in [0.2, 0.25) is 0 Å². The van der Waals surface area contributed by atoms with Gasteiger partial charge in [0.1, 0.15) is 5.75 Å². The number of ether oxygens (including phenoxy) is 2. The average Bonchev–Trinajstić information content (AvgIpc) is 2.52. The highest BCUT2D eigenvalue weighted by Gasteiger charge is 2.24. The molecule has 0 radical (unpaired) electrons. The van der Waals surface area contributed by atoms with Gasteiger partial charge in [0.2, 0.25) is 0 Å². The van der Waals surface area contributed by atoms with E-state index in [1.54, 1.807) is 11.0 Å². The lowest BCUT2D eigenvalue weighted by molar-refractivity contribution is -0.385. The highest BCUT2D eigenvalue weighted by Crippen LogP contribution is 2.31. The van der Waals surface area contributed by atoms with E-state index in [2.05, 4.69) is 0 Å². The molecule has 120 valence electrons. The number of carbonyl (C=O) groups excluding carboxylic acids is 1. The number of benzene rings is 1. The summed E-state index contributed by atoms with van der Waals surface area (Å²) in [6, 6.07) is 4.49. The molecule has 1 heterocycles. The van der Waals surface area contributed by atoms with Crippen molar-refractivity contribution in [3.63, 3.8) is 0 Å². The molecule has 1 aliphatic heterocycles. The maximum atomic E-state index is 12.2. The number of rotatable bonds is 5. The van der Waals surface area contributed by atoms with Crippen LogP contribution >= 0.6 is 0 Å². The Morgan fingerprint density at radius 3 is 2.86 bits per heavy atom. The Balaban J connectivity index is 2.04. The lowest BCUT2D eigenvalue weighted by Crippen LogP contribution is -2.44. The normalized spacial score (nSPS) is 17.9. The predicted molar refractivity (Wildman–Crippen MR) is 80.2 cm³/mol. The van der Waals surface area contributed by atoms with Crippen LogP contribution in [-0.2, 0) is 4.79 Å². The standard InChI is InChI=1S/C15H20N2O5/c1-11-5-3-4-8-16(11)15(18)10-22-14-7-6-12(21-2)9-13(14)17(19)20/h6-7,9,11H,3-5,8,10H2,1-2H3/t11-/m1/s1. The van der Waals surface area contributed by atoms with Crippen molar-refractivity contribution in [2.75, 3.05) is 20.3 Å². The molecule has 0 spiro atoms. The number of methoxy groups -OCH3 is 1. The first-order valence-corrected chi connectivity index (χ1v) is 7.27. The summed E-state index contributed by atoms with van der Waals surface area (Å²) >= 11 is 0. The van der Waals surface area contributed by atoms with E-state index in [1.165, 1.54) is 19.2 Å². The SMILES string of the molecule is COc1ccc(OCC(=O)N2CCCC[C@H]2C)c([N+](=O)[O-])c1. The van der Waals surface area contributed by atoms with Crippen molar-refractivity contribution in [2.45, 2.75) is 32.2 Å². The molecule has 0 unspecified atom stereocenters. The van der Waals surface area contributed by atoms with E-state index in [0.717, 1.165) is 19.3 Å². The Bertz CT molecular complexity index is 561. The van der Waals surface area contributed by atoms with Crippen molar-refractivity contribution < 1.29 is 19.2 Å². The monoisotopic (exact) mass is 308 g/mol. The minimum Gasteiger partial charge on any atom is -0.496 e. The molecule has 0 N–H and O–H groups in total.